The van der Waals surface area contributed by atoms with E-state index in [1.165, 1.54) is 0 Å². The summed E-state index contributed by atoms with van der Waals surface area (Å²) in [6.45, 7) is 2.47. The van der Waals surface area contributed by atoms with Crippen molar-refractivity contribution in [3.8, 4) is 0 Å². The molecule has 6 heteroatoms. The lowest BCUT2D eigenvalue weighted by atomic mass is 10.1. The zero-order valence-corrected chi connectivity index (χ0v) is 12.7. The molecule has 4 nitrogen and oxygen atoms in total. The summed E-state index contributed by atoms with van der Waals surface area (Å²) in [6.07, 6.45) is 0.343. The summed E-state index contributed by atoms with van der Waals surface area (Å²) in [7, 11) is 0. The van der Waals surface area contributed by atoms with Crippen molar-refractivity contribution < 1.29 is 4.79 Å². The van der Waals surface area contributed by atoms with Gasteiger partial charge in [-0.2, -0.15) is 0 Å². The van der Waals surface area contributed by atoms with E-state index >= 15 is 0 Å². The minimum atomic E-state index is -0.0131. The number of nitrogens with one attached hydrogen (secondary N) is 1. The van der Waals surface area contributed by atoms with E-state index in [0.717, 1.165) is 21.7 Å². The normalized spacial score (nSPS) is 10.2. The average Bonchev–Trinajstić information content (AvgIpc) is 2.82. The third kappa shape index (κ3) is 3.85. The smallest absolute Gasteiger partial charge is 0.224 e. The number of aryl methyl sites for hydroxylation is 1. The van der Waals surface area contributed by atoms with E-state index in [1.54, 1.807) is 16.8 Å². The number of carbonyl (C=O) groups is 1. The first-order chi connectivity index (χ1) is 9.56. The zero-order chi connectivity index (χ0) is 14.5. The molecule has 0 aliphatic heterocycles. The third-order valence-electron chi connectivity index (χ3n) is 2.89. The van der Waals surface area contributed by atoms with E-state index in [4.69, 9.17) is 18.0 Å². The number of carbonyl (C=O) groups excluding carboxylic acids is 1. The summed E-state index contributed by atoms with van der Waals surface area (Å²) in [4.78, 5) is 17.5. The third-order valence-corrected chi connectivity index (χ3v) is 4.06. The Labute approximate surface area is 127 Å². The van der Waals surface area contributed by atoms with E-state index in [1.807, 2.05) is 31.2 Å². The quantitative estimate of drug-likeness (QED) is 0.829. The Morgan fingerprint density at radius 1 is 1.40 bits per heavy atom. The number of thiocarbonyl (C=S) groups is 1. The number of hydrogen-bond donors (Lipinski definition) is 2. The van der Waals surface area contributed by atoms with Crippen molar-refractivity contribution in [2.24, 2.45) is 5.73 Å². The maximum atomic E-state index is 11.9. The molecule has 0 unspecified atom stereocenters. The number of benzene rings is 1. The van der Waals surface area contributed by atoms with Crippen LogP contribution in [0.25, 0.3) is 0 Å². The molecule has 0 aliphatic rings. The largest absolute Gasteiger partial charge is 0.389 e. The molecule has 0 saturated carbocycles. The highest BCUT2D eigenvalue weighted by Gasteiger charge is 2.06. The van der Waals surface area contributed by atoms with Gasteiger partial charge in [0, 0.05) is 10.4 Å². The standard InChI is InChI=1S/C14H15N3OS2/c1-9-12(20-8-17-9)7-16-13(18)6-10-2-4-11(5-3-10)14(15)19/h2-5,8H,6-7H2,1H3,(H2,15,19)(H,16,18). The fraction of sp³-hybridized carbons (Fsp3) is 0.214. The molecule has 0 fully saturated rings. The summed E-state index contributed by atoms with van der Waals surface area (Å²) in [5, 5.41) is 2.89. The molecule has 0 atom stereocenters. The maximum Gasteiger partial charge on any atom is 0.224 e. The van der Waals surface area contributed by atoms with Crippen molar-refractivity contribution in [1.82, 2.24) is 10.3 Å². The van der Waals surface area contributed by atoms with E-state index in [0.29, 0.717) is 18.0 Å². The molecule has 3 N–H and O–H groups in total. The van der Waals surface area contributed by atoms with Gasteiger partial charge in [-0.25, -0.2) is 4.98 Å². The topological polar surface area (TPSA) is 68.0 Å². The van der Waals surface area contributed by atoms with Crippen LogP contribution in [0.3, 0.4) is 0 Å². The van der Waals surface area contributed by atoms with Gasteiger partial charge in [0.15, 0.2) is 0 Å². The molecule has 0 spiro atoms. The van der Waals surface area contributed by atoms with Crippen LogP contribution in [0.5, 0.6) is 0 Å². The predicted octanol–water partition coefficient (Wildman–Crippen LogP) is 1.94. The second-order valence-electron chi connectivity index (χ2n) is 4.38. The molecule has 2 aromatic rings. The van der Waals surface area contributed by atoms with E-state index < -0.39 is 0 Å². The van der Waals surface area contributed by atoms with Crippen LogP contribution in [0, 0.1) is 6.92 Å². The summed E-state index contributed by atoms with van der Waals surface area (Å²) < 4.78 is 0. The molecule has 0 bridgehead atoms. The number of amides is 1. The lowest BCUT2D eigenvalue weighted by Crippen LogP contribution is -2.24. The minimum Gasteiger partial charge on any atom is -0.389 e. The summed E-state index contributed by atoms with van der Waals surface area (Å²) in [5.41, 5.74) is 10.0. The van der Waals surface area contributed by atoms with Crippen LogP contribution >= 0.6 is 23.6 Å². The average molecular weight is 305 g/mol. The van der Waals surface area contributed by atoms with Crippen molar-refractivity contribution in [2.45, 2.75) is 19.9 Å². The van der Waals surface area contributed by atoms with E-state index in [2.05, 4.69) is 10.3 Å². The molecule has 1 amide bonds. The lowest BCUT2D eigenvalue weighted by Gasteiger charge is -2.05. The maximum absolute atomic E-state index is 11.9. The van der Waals surface area contributed by atoms with Gasteiger partial charge in [-0.05, 0) is 12.5 Å². The van der Waals surface area contributed by atoms with Crippen LogP contribution in [0.2, 0.25) is 0 Å². The molecular formula is C14H15N3OS2. The number of rotatable bonds is 5. The molecule has 1 aromatic carbocycles. The van der Waals surface area contributed by atoms with Crippen molar-refractivity contribution in [2.75, 3.05) is 0 Å². The first-order valence-electron chi connectivity index (χ1n) is 6.10. The van der Waals surface area contributed by atoms with Gasteiger partial charge in [0.05, 0.1) is 24.2 Å². The summed E-state index contributed by atoms with van der Waals surface area (Å²) in [5.74, 6) is -0.0131. The molecule has 1 aromatic heterocycles. The van der Waals surface area contributed by atoms with Crippen molar-refractivity contribution in [3.05, 3.63) is 51.5 Å². The first kappa shape index (κ1) is 14.6. The van der Waals surface area contributed by atoms with E-state index in [-0.39, 0.29) is 5.91 Å². The second kappa shape index (κ2) is 6.58. The van der Waals surface area contributed by atoms with Gasteiger partial charge in [0.1, 0.15) is 4.99 Å². The van der Waals surface area contributed by atoms with Crippen molar-refractivity contribution >= 4 is 34.5 Å². The first-order valence-corrected chi connectivity index (χ1v) is 7.39. The molecule has 2 rings (SSSR count). The second-order valence-corrected chi connectivity index (χ2v) is 5.75. The van der Waals surface area contributed by atoms with E-state index in [9.17, 15) is 4.79 Å². The van der Waals surface area contributed by atoms with Gasteiger partial charge >= 0.3 is 0 Å². The Bertz CT molecular complexity index is 620. The van der Waals surface area contributed by atoms with Crippen LogP contribution in [0.15, 0.2) is 29.8 Å². The van der Waals surface area contributed by atoms with Gasteiger partial charge < -0.3 is 11.1 Å². The predicted molar refractivity (Wildman–Crippen MR) is 84.7 cm³/mol. The Kier molecular flexibility index (Phi) is 4.81. The molecule has 1 heterocycles. The number of aromatic nitrogens is 1. The highest BCUT2D eigenvalue weighted by molar-refractivity contribution is 7.80. The number of nitrogens with zero attached hydrogens (tertiary/aromatic N) is 1. The fourth-order valence-corrected chi connectivity index (χ4v) is 2.56. The zero-order valence-electron chi connectivity index (χ0n) is 11.1. The van der Waals surface area contributed by atoms with Crippen molar-refractivity contribution in [3.63, 3.8) is 0 Å². The number of nitrogens with two attached hydrogens (primary N) is 1. The Morgan fingerprint density at radius 2 is 2.10 bits per heavy atom. The van der Waals surface area contributed by atoms with Gasteiger partial charge in [0.2, 0.25) is 5.91 Å². The van der Waals surface area contributed by atoms with Crippen LogP contribution in [0.1, 0.15) is 21.7 Å². The SMILES string of the molecule is Cc1ncsc1CNC(=O)Cc1ccc(C(N)=S)cc1. The highest BCUT2D eigenvalue weighted by Crippen LogP contribution is 2.11. The minimum absolute atomic E-state index is 0.0131. The molecule has 20 heavy (non-hydrogen) atoms. The van der Waals surface area contributed by atoms with Gasteiger partial charge in [-0.1, -0.05) is 36.5 Å². The highest BCUT2D eigenvalue weighted by atomic mass is 32.1. The number of hydrogen-bond acceptors (Lipinski definition) is 4. The molecule has 104 valence electrons. The van der Waals surface area contributed by atoms with Crippen molar-refractivity contribution in [1.29, 1.82) is 0 Å². The van der Waals surface area contributed by atoms with Gasteiger partial charge in [0.25, 0.3) is 0 Å². The molecule has 0 aliphatic carbocycles. The molecule has 0 radical (unpaired) electrons. The van der Waals surface area contributed by atoms with Crippen LogP contribution < -0.4 is 11.1 Å². The Hall–Kier alpha value is -1.79. The Balaban J connectivity index is 1.88. The summed E-state index contributed by atoms with van der Waals surface area (Å²) >= 11 is 6.44. The lowest BCUT2D eigenvalue weighted by molar-refractivity contribution is -0.120. The van der Waals surface area contributed by atoms with Crippen LogP contribution in [-0.2, 0) is 17.8 Å². The molecule has 0 saturated heterocycles. The fourth-order valence-electron chi connectivity index (χ4n) is 1.71. The monoisotopic (exact) mass is 305 g/mol. The van der Waals surface area contributed by atoms with Crippen LogP contribution in [0.4, 0.5) is 0 Å². The number of thiazole rings is 1. The van der Waals surface area contributed by atoms with Crippen LogP contribution in [-0.4, -0.2) is 15.9 Å². The van der Waals surface area contributed by atoms with Gasteiger partial charge in [-0.3, -0.25) is 4.79 Å². The Morgan fingerprint density at radius 3 is 2.65 bits per heavy atom. The summed E-state index contributed by atoms with van der Waals surface area (Å²) in [6, 6.07) is 7.40. The molecular weight excluding hydrogens is 290 g/mol. The van der Waals surface area contributed by atoms with Gasteiger partial charge in [-0.15, -0.1) is 11.3 Å².